The first-order valence-electron chi connectivity index (χ1n) is 11.1. The summed E-state index contributed by atoms with van der Waals surface area (Å²) in [5.41, 5.74) is 4.70. The van der Waals surface area contributed by atoms with Crippen molar-refractivity contribution in [1.29, 1.82) is 0 Å². The fourth-order valence-corrected chi connectivity index (χ4v) is 4.70. The van der Waals surface area contributed by atoms with Gasteiger partial charge in [0, 0.05) is 0 Å². The van der Waals surface area contributed by atoms with E-state index >= 15 is 0 Å². The Labute approximate surface area is 157 Å². The summed E-state index contributed by atoms with van der Waals surface area (Å²) in [4.78, 5) is 0. The van der Waals surface area contributed by atoms with Crippen LogP contribution < -0.4 is 0 Å². The Morgan fingerprint density at radius 2 is 1.84 bits per heavy atom. The van der Waals surface area contributed by atoms with Crippen molar-refractivity contribution >= 4 is 0 Å². The molecular formula is C25H41. The normalized spacial score (nSPS) is 22.1. The lowest BCUT2D eigenvalue weighted by molar-refractivity contribution is 0.302. The number of benzene rings is 1. The summed E-state index contributed by atoms with van der Waals surface area (Å²) in [6, 6.07) is 7.40. The van der Waals surface area contributed by atoms with Crippen LogP contribution in [0.25, 0.3) is 0 Å². The van der Waals surface area contributed by atoms with Crippen molar-refractivity contribution in [1.82, 2.24) is 0 Å². The Morgan fingerprint density at radius 1 is 1.08 bits per heavy atom. The lowest BCUT2D eigenvalue weighted by atomic mass is 9.76. The van der Waals surface area contributed by atoms with E-state index in [-0.39, 0.29) is 0 Å². The maximum absolute atomic E-state index is 2.51. The van der Waals surface area contributed by atoms with Gasteiger partial charge in [-0.15, -0.1) is 0 Å². The zero-order valence-corrected chi connectivity index (χ0v) is 17.3. The van der Waals surface area contributed by atoms with Gasteiger partial charge in [-0.2, -0.15) is 0 Å². The number of unbranched alkanes of at least 4 members (excludes halogenated alkanes) is 4. The van der Waals surface area contributed by atoms with Gasteiger partial charge in [0.2, 0.25) is 0 Å². The summed E-state index contributed by atoms with van der Waals surface area (Å²) < 4.78 is 0. The Bertz CT molecular complexity index is 479. The van der Waals surface area contributed by atoms with Gasteiger partial charge in [0.1, 0.15) is 0 Å². The number of rotatable bonds is 10. The fourth-order valence-electron chi connectivity index (χ4n) is 4.70. The van der Waals surface area contributed by atoms with E-state index in [2.05, 4.69) is 52.3 Å². The molecule has 1 saturated carbocycles. The highest BCUT2D eigenvalue weighted by Crippen LogP contribution is 2.38. The van der Waals surface area contributed by atoms with Crippen LogP contribution in [0.2, 0.25) is 0 Å². The van der Waals surface area contributed by atoms with E-state index in [9.17, 15) is 0 Å². The largest absolute Gasteiger partial charge is 0.0654 e. The van der Waals surface area contributed by atoms with Gasteiger partial charge in [-0.1, -0.05) is 71.1 Å². The molecule has 0 aliphatic heterocycles. The monoisotopic (exact) mass is 341 g/mol. The molecule has 2 rings (SSSR count). The molecule has 1 aromatic carbocycles. The second kappa shape index (κ2) is 11.0. The molecule has 1 aliphatic carbocycles. The molecule has 1 atom stereocenters. The summed E-state index contributed by atoms with van der Waals surface area (Å²) >= 11 is 0. The third-order valence-electron chi connectivity index (χ3n) is 6.45. The summed E-state index contributed by atoms with van der Waals surface area (Å²) in [5, 5.41) is 0. The SMILES string of the molecule is CC[CH]CCC(C)c1ccc([C@H]2CC[C@H](CCCCC)CC2)cc1C. The number of aryl methyl sites for hydroxylation is 1. The van der Waals surface area contributed by atoms with E-state index in [1.165, 1.54) is 76.2 Å². The van der Waals surface area contributed by atoms with Gasteiger partial charge in [0.05, 0.1) is 0 Å². The topological polar surface area (TPSA) is 0 Å². The highest BCUT2D eigenvalue weighted by atomic mass is 14.3. The lowest BCUT2D eigenvalue weighted by Crippen LogP contribution is -2.13. The molecule has 0 bridgehead atoms. The van der Waals surface area contributed by atoms with Crippen LogP contribution in [0.1, 0.15) is 120 Å². The van der Waals surface area contributed by atoms with Crippen LogP contribution in [0.5, 0.6) is 0 Å². The first-order chi connectivity index (χ1) is 12.2. The smallest absolute Gasteiger partial charge is 0.0162 e. The molecule has 0 aromatic heterocycles. The summed E-state index contributed by atoms with van der Waals surface area (Å²) in [7, 11) is 0. The highest BCUT2D eigenvalue weighted by molar-refractivity contribution is 5.35. The van der Waals surface area contributed by atoms with Crippen LogP contribution >= 0.6 is 0 Å². The predicted octanol–water partition coefficient (Wildman–Crippen LogP) is 8.35. The molecule has 0 heterocycles. The Hall–Kier alpha value is -0.780. The molecule has 0 heteroatoms. The fraction of sp³-hybridized carbons (Fsp3) is 0.720. The molecule has 0 N–H and O–H groups in total. The summed E-state index contributed by atoms with van der Waals surface area (Å²) in [6.07, 6.45) is 17.6. The molecule has 1 aromatic rings. The Balaban J connectivity index is 1.86. The maximum Gasteiger partial charge on any atom is -0.0162 e. The molecule has 25 heavy (non-hydrogen) atoms. The number of hydrogen-bond donors (Lipinski definition) is 0. The molecule has 0 nitrogen and oxygen atoms in total. The average Bonchev–Trinajstić information content (AvgIpc) is 2.62. The zero-order chi connectivity index (χ0) is 18.1. The van der Waals surface area contributed by atoms with Crippen molar-refractivity contribution in [2.75, 3.05) is 0 Å². The first-order valence-corrected chi connectivity index (χ1v) is 11.1. The van der Waals surface area contributed by atoms with Crippen molar-refractivity contribution in [3.63, 3.8) is 0 Å². The highest BCUT2D eigenvalue weighted by Gasteiger charge is 2.22. The van der Waals surface area contributed by atoms with E-state index in [1.54, 1.807) is 11.1 Å². The van der Waals surface area contributed by atoms with Crippen LogP contribution in [-0.4, -0.2) is 0 Å². The third-order valence-corrected chi connectivity index (χ3v) is 6.45. The molecule has 1 fully saturated rings. The minimum atomic E-state index is 0.686. The van der Waals surface area contributed by atoms with Crippen LogP contribution in [0, 0.1) is 19.3 Å². The van der Waals surface area contributed by atoms with Crippen molar-refractivity contribution in [3.8, 4) is 0 Å². The van der Waals surface area contributed by atoms with E-state index in [4.69, 9.17) is 0 Å². The minimum absolute atomic E-state index is 0.686. The Kier molecular flexibility index (Phi) is 9.07. The van der Waals surface area contributed by atoms with Crippen LogP contribution in [0.15, 0.2) is 18.2 Å². The van der Waals surface area contributed by atoms with E-state index < -0.39 is 0 Å². The molecule has 0 saturated heterocycles. The Morgan fingerprint density at radius 3 is 2.48 bits per heavy atom. The molecule has 0 spiro atoms. The molecular weight excluding hydrogens is 300 g/mol. The summed E-state index contributed by atoms with van der Waals surface area (Å²) in [6.45, 7) is 9.28. The van der Waals surface area contributed by atoms with Gasteiger partial charge in [0.15, 0.2) is 0 Å². The van der Waals surface area contributed by atoms with Crippen molar-refractivity contribution in [2.45, 2.75) is 110 Å². The second-order valence-electron chi connectivity index (χ2n) is 8.50. The van der Waals surface area contributed by atoms with Gasteiger partial charge >= 0.3 is 0 Å². The zero-order valence-electron chi connectivity index (χ0n) is 17.3. The van der Waals surface area contributed by atoms with Crippen LogP contribution in [0.4, 0.5) is 0 Å². The van der Waals surface area contributed by atoms with E-state index in [1.807, 2.05) is 0 Å². The standard InChI is InChI=1S/C25H41/c1-5-7-9-11-20(3)25-18-17-24(19-21(25)4)23-15-13-22(14-16-23)12-10-8-6-2/h7,17-20,22-23H,5-6,8-16H2,1-4H3/t20?,22-,23-. The van der Waals surface area contributed by atoms with Crippen molar-refractivity contribution in [3.05, 3.63) is 41.3 Å². The van der Waals surface area contributed by atoms with Gasteiger partial charge < -0.3 is 0 Å². The van der Waals surface area contributed by atoms with Gasteiger partial charge in [0.25, 0.3) is 0 Å². The lowest BCUT2D eigenvalue weighted by Gasteiger charge is -2.29. The van der Waals surface area contributed by atoms with E-state index in [0.717, 1.165) is 11.8 Å². The molecule has 1 aliphatic rings. The van der Waals surface area contributed by atoms with Gasteiger partial charge in [-0.25, -0.2) is 0 Å². The quantitative estimate of drug-likeness (QED) is 0.375. The maximum atomic E-state index is 2.51. The van der Waals surface area contributed by atoms with Crippen LogP contribution in [0.3, 0.4) is 0 Å². The first kappa shape index (κ1) is 20.5. The predicted molar refractivity (Wildman–Crippen MR) is 112 cm³/mol. The number of hydrogen-bond acceptors (Lipinski definition) is 0. The summed E-state index contributed by atoms with van der Waals surface area (Å²) in [5.74, 6) is 2.52. The third kappa shape index (κ3) is 6.46. The van der Waals surface area contributed by atoms with E-state index in [0.29, 0.717) is 5.92 Å². The molecule has 1 unspecified atom stereocenters. The molecule has 1 radical (unpaired) electrons. The molecule has 0 amide bonds. The second-order valence-corrected chi connectivity index (χ2v) is 8.50. The van der Waals surface area contributed by atoms with Crippen LogP contribution in [-0.2, 0) is 0 Å². The minimum Gasteiger partial charge on any atom is -0.0654 e. The molecule has 141 valence electrons. The van der Waals surface area contributed by atoms with Gasteiger partial charge in [-0.3, -0.25) is 0 Å². The van der Waals surface area contributed by atoms with Gasteiger partial charge in [-0.05, 0) is 86.3 Å². The van der Waals surface area contributed by atoms with Crippen molar-refractivity contribution < 1.29 is 0 Å². The average molecular weight is 342 g/mol. The van der Waals surface area contributed by atoms with Crippen molar-refractivity contribution in [2.24, 2.45) is 5.92 Å².